The predicted molar refractivity (Wildman–Crippen MR) is 103 cm³/mol. The molecule has 0 aliphatic heterocycles. The molecule has 0 saturated heterocycles. The van der Waals surface area contributed by atoms with E-state index >= 15 is 0 Å². The van der Waals surface area contributed by atoms with Gasteiger partial charge in [-0.1, -0.05) is 23.5 Å². The zero-order valence-electron chi connectivity index (χ0n) is 13.4. The molecule has 0 amide bonds. The number of imidazole rings is 1. The minimum Gasteiger partial charge on any atom is -0.493 e. The topological polar surface area (TPSA) is 52.8 Å². The van der Waals surface area contributed by atoms with Gasteiger partial charge in [-0.3, -0.25) is 4.79 Å². The largest absolute Gasteiger partial charge is 0.493 e. The van der Waals surface area contributed by atoms with Crippen LogP contribution >= 0.6 is 27.3 Å². The van der Waals surface area contributed by atoms with Crippen LogP contribution in [-0.2, 0) is 0 Å². The van der Waals surface area contributed by atoms with Gasteiger partial charge in [-0.05, 0) is 51.8 Å². The van der Waals surface area contributed by atoms with Crippen LogP contribution in [0.1, 0.15) is 5.56 Å². The molecule has 0 atom stereocenters. The highest BCUT2D eigenvalue weighted by atomic mass is 79.9. The minimum absolute atomic E-state index is 0.0698. The summed E-state index contributed by atoms with van der Waals surface area (Å²) in [7, 11) is 3.17. The molecule has 0 radical (unpaired) electrons. The van der Waals surface area contributed by atoms with E-state index in [4.69, 9.17) is 9.47 Å². The number of fused-ring (bicyclic) bond motifs is 3. The van der Waals surface area contributed by atoms with Crippen LogP contribution in [0.4, 0.5) is 0 Å². The summed E-state index contributed by atoms with van der Waals surface area (Å²) < 4.78 is 13.7. The first kappa shape index (κ1) is 16.1. The van der Waals surface area contributed by atoms with Gasteiger partial charge in [0.25, 0.3) is 5.56 Å². The van der Waals surface area contributed by atoms with Crippen molar-refractivity contribution in [2.75, 3.05) is 14.2 Å². The molecule has 2 aromatic heterocycles. The van der Waals surface area contributed by atoms with Gasteiger partial charge >= 0.3 is 0 Å². The van der Waals surface area contributed by atoms with E-state index in [1.54, 1.807) is 18.6 Å². The Balaban J connectivity index is 1.94. The summed E-state index contributed by atoms with van der Waals surface area (Å²) in [4.78, 5) is 18.0. The molecular weight excluding hydrogens is 404 g/mol. The smallest absolute Gasteiger partial charge is 0.274 e. The first-order valence-electron chi connectivity index (χ1n) is 7.45. The first-order chi connectivity index (χ1) is 12.1. The Morgan fingerprint density at radius 2 is 2.00 bits per heavy atom. The lowest BCUT2D eigenvalue weighted by Gasteiger charge is -2.10. The van der Waals surface area contributed by atoms with E-state index in [1.165, 1.54) is 11.3 Å². The SMILES string of the molecule is COc1cc(/C=c2\sc3nc4ccccc4n3c2=O)cc(Br)c1OC. The fraction of sp³-hybridized carbons (Fsp3) is 0.111. The number of thiazole rings is 1. The average Bonchev–Trinajstić information content (AvgIpc) is 3.11. The number of halogens is 1. The molecule has 5 nitrogen and oxygen atoms in total. The van der Waals surface area contributed by atoms with E-state index in [0.717, 1.165) is 21.1 Å². The Labute approximate surface area is 155 Å². The maximum absolute atomic E-state index is 12.8. The Hall–Kier alpha value is -2.38. The van der Waals surface area contributed by atoms with Crippen LogP contribution in [0.25, 0.3) is 22.1 Å². The van der Waals surface area contributed by atoms with E-state index < -0.39 is 0 Å². The van der Waals surface area contributed by atoms with Crippen LogP contribution in [0, 0.1) is 0 Å². The van der Waals surface area contributed by atoms with Crippen LogP contribution in [-0.4, -0.2) is 23.6 Å². The molecule has 0 fully saturated rings. The third-order valence-corrected chi connectivity index (χ3v) is 5.46. The van der Waals surface area contributed by atoms with Crippen molar-refractivity contribution in [2.24, 2.45) is 0 Å². The van der Waals surface area contributed by atoms with Crippen molar-refractivity contribution >= 4 is 49.3 Å². The highest BCUT2D eigenvalue weighted by Crippen LogP contribution is 2.36. The van der Waals surface area contributed by atoms with Gasteiger partial charge in [-0.25, -0.2) is 9.38 Å². The number of para-hydroxylation sites is 2. The summed E-state index contributed by atoms with van der Waals surface area (Å²) in [6, 6.07) is 11.4. The van der Waals surface area contributed by atoms with Crippen molar-refractivity contribution in [2.45, 2.75) is 0 Å². The van der Waals surface area contributed by atoms with Gasteiger partial charge in [-0.15, -0.1) is 0 Å². The summed E-state index contributed by atoms with van der Waals surface area (Å²) >= 11 is 4.84. The molecule has 25 heavy (non-hydrogen) atoms. The van der Waals surface area contributed by atoms with Crippen molar-refractivity contribution < 1.29 is 9.47 Å². The van der Waals surface area contributed by atoms with E-state index in [1.807, 2.05) is 42.5 Å². The van der Waals surface area contributed by atoms with E-state index in [0.29, 0.717) is 21.0 Å². The van der Waals surface area contributed by atoms with Crippen LogP contribution in [0.15, 0.2) is 45.7 Å². The molecule has 7 heteroatoms. The van der Waals surface area contributed by atoms with E-state index in [2.05, 4.69) is 20.9 Å². The van der Waals surface area contributed by atoms with E-state index in [-0.39, 0.29) is 5.56 Å². The number of nitrogens with zero attached hydrogens (tertiary/aromatic N) is 2. The van der Waals surface area contributed by atoms with Crippen LogP contribution in [0.2, 0.25) is 0 Å². The number of aromatic nitrogens is 2. The Morgan fingerprint density at radius 3 is 2.76 bits per heavy atom. The molecule has 4 aromatic rings. The van der Waals surface area contributed by atoms with Gasteiger partial charge in [0, 0.05) is 0 Å². The van der Waals surface area contributed by atoms with Crippen LogP contribution < -0.4 is 19.6 Å². The number of ether oxygens (including phenoxy) is 2. The van der Waals surface area contributed by atoms with Gasteiger partial charge in [0.2, 0.25) is 0 Å². The predicted octanol–water partition coefficient (Wildman–Crippen LogP) is 3.24. The molecule has 0 bridgehead atoms. The molecule has 126 valence electrons. The maximum Gasteiger partial charge on any atom is 0.274 e. The Bertz CT molecular complexity index is 1210. The number of hydrogen-bond donors (Lipinski definition) is 0. The lowest BCUT2D eigenvalue weighted by Crippen LogP contribution is -2.22. The fourth-order valence-electron chi connectivity index (χ4n) is 2.78. The van der Waals surface area contributed by atoms with Crippen molar-refractivity contribution in [3.05, 3.63) is 61.3 Å². The van der Waals surface area contributed by atoms with Gasteiger partial charge in [0.1, 0.15) is 0 Å². The lowest BCUT2D eigenvalue weighted by molar-refractivity contribution is 0.353. The summed E-state index contributed by atoms with van der Waals surface area (Å²) in [5.74, 6) is 1.22. The van der Waals surface area contributed by atoms with E-state index in [9.17, 15) is 4.79 Å². The van der Waals surface area contributed by atoms with Gasteiger partial charge in [-0.2, -0.15) is 0 Å². The summed E-state index contributed by atoms with van der Waals surface area (Å²) in [5.41, 5.74) is 2.42. The molecule has 0 unspecified atom stereocenters. The molecule has 4 rings (SSSR count). The Morgan fingerprint density at radius 1 is 1.20 bits per heavy atom. The summed E-state index contributed by atoms with van der Waals surface area (Å²) in [5, 5.41) is 0. The van der Waals surface area contributed by atoms with Crippen molar-refractivity contribution in [1.82, 2.24) is 9.38 Å². The molecule has 0 spiro atoms. The second-order valence-electron chi connectivity index (χ2n) is 5.37. The first-order valence-corrected chi connectivity index (χ1v) is 9.06. The number of hydrogen-bond acceptors (Lipinski definition) is 5. The second kappa shape index (κ2) is 6.16. The lowest BCUT2D eigenvalue weighted by atomic mass is 10.2. The summed E-state index contributed by atoms with van der Waals surface area (Å²) in [6.07, 6.45) is 1.84. The quantitative estimate of drug-likeness (QED) is 0.514. The molecular formula is C18H13BrN2O3S. The normalized spacial score (nSPS) is 12.2. The molecule has 2 aromatic carbocycles. The highest BCUT2D eigenvalue weighted by molar-refractivity contribution is 9.10. The van der Waals surface area contributed by atoms with Gasteiger partial charge in [0.15, 0.2) is 16.5 Å². The zero-order valence-corrected chi connectivity index (χ0v) is 15.8. The molecule has 2 heterocycles. The molecule has 0 saturated carbocycles. The third kappa shape index (κ3) is 2.60. The third-order valence-electron chi connectivity index (χ3n) is 3.90. The fourth-order valence-corrected chi connectivity index (χ4v) is 4.39. The van der Waals surface area contributed by atoms with Crippen molar-refractivity contribution in [1.29, 1.82) is 0 Å². The van der Waals surface area contributed by atoms with Gasteiger partial charge in [0.05, 0.1) is 34.3 Å². The number of methoxy groups -OCH3 is 2. The maximum atomic E-state index is 12.8. The zero-order chi connectivity index (χ0) is 17.6. The van der Waals surface area contributed by atoms with Crippen molar-refractivity contribution in [3.63, 3.8) is 0 Å². The number of benzene rings is 2. The minimum atomic E-state index is -0.0698. The monoisotopic (exact) mass is 416 g/mol. The van der Waals surface area contributed by atoms with Crippen LogP contribution in [0.5, 0.6) is 11.5 Å². The Kier molecular flexibility index (Phi) is 3.97. The second-order valence-corrected chi connectivity index (χ2v) is 7.24. The summed E-state index contributed by atoms with van der Waals surface area (Å²) in [6.45, 7) is 0. The molecule has 0 aliphatic rings. The highest BCUT2D eigenvalue weighted by Gasteiger charge is 2.12. The average molecular weight is 417 g/mol. The standard InChI is InChI=1S/C18H13BrN2O3S/c1-23-14-8-10(7-11(19)16(14)24-2)9-15-17(22)21-13-6-4-3-5-12(13)20-18(21)25-15/h3-9H,1-2H3/b15-9-. The molecule has 0 N–H and O–H groups in total. The number of rotatable bonds is 3. The molecule has 0 aliphatic carbocycles. The van der Waals surface area contributed by atoms with Crippen molar-refractivity contribution in [3.8, 4) is 11.5 Å². The van der Waals surface area contributed by atoms with Crippen LogP contribution in [0.3, 0.4) is 0 Å². The van der Waals surface area contributed by atoms with Gasteiger partial charge < -0.3 is 9.47 Å².